The molecule has 0 atom stereocenters. The lowest BCUT2D eigenvalue weighted by Gasteiger charge is -2.07. The molecule has 3 N–H and O–H groups in total. The Morgan fingerprint density at radius 3 is 2.76 bits per heavy atom. The van der Waals surface area contributed by atoms with Gasteiger partial charge >= 0.3 is 0 Å². The van der Waals surface area contributed by atoms with E-state index in [1.54, 1.807) is 7.11 Å². The number of aromatic amines is 1. The van der Waals surface area contributed by atoms with E-state index >= 15 is 0 Å². The van der Waals surface area contributed by atoms with Crippen molar-refractivity contribution in [2.45, 2.75) is 13.2 Å². The summed E-state index contributed by atoms with van der Waals surface area (Å²) in [6.45, 7) is 1.04. The molecule has 0 radical (unpaired) electrons. The van der Waals surface area contributed by atoms with Crippen LogP contribution in [-0.4, -0.2) is 12.1 Å². The van der Waals surface area contributed by atoms with Crippen LogP contribution in [0.4, 0.5) is 0 Å². The monoisotopic (exact) mass is 282 g/mol. The minimum Gasteiger partial charge on any atom is -0.497 e. The van der Waals surface area contributed by atoms with Crippen LogP contribution < -0.4 is 15.2 Å². The van der Waals surface area contributed by atoms with Crippen LogP contribution in [-0.2, 0) is 13.2 Å². The van der Waals surface area contributed by atoms with Gasteiger partial charge in [-0.25, -0.2) is 0 Å². The van der Waals surface area contributed by atoms with Gasteiger partial charge in [-0.15, -0.1) is 0 Å². The van der Waals surface area contributed by atoms with Crippen LogP contribution in [0.25, 0.3) is 10.9 Å². The van der Waals surface area contributed by atoms with Crippen LogP contribution in [0.1, 0.15) is 11.1 Å². The van der Waals surface area contributed by atoms with Crippen molar-refractivity contribution in [3.63, 3.8) is 0 Å². The zero-order valence-corrected chi connectivity index (χ0v) is 11.9. The highest BCUT2D eigenvalue weighted by molar-refractivity contribution is 5.83. The van der Waals surface area contributed by atoms with Crippen molar-refractivity contribution >= 4 is 10.9 Å². The molecule has 0 aliphatic heterocycles. The molecular formula is C17H18N2O2. The van der Waals surface area contributed by atoms with E-state index in [9.17, 15) is 0 Å². The Bertz CT molecular complexity index is 749. The number of methoxy groups -OCH3 is 1. The molecule has 21 heavy (non-hydrogen) atoms. The number of H-pyrrole nitrogens is 1. The fraction of sp³-hybridized carbons (Fsp3) is 0.176. The van der Waals surface area contributed by atoms with Gasteiger partial charge in [-0.3, -0.25) is 0 Å². The molecule has 0 aliphatic carbocycles. The first-order valence-corrected chi connectivity index (χ1v) is 6.86. The molecule has 0 bridgehead atoms. The van der Waals surface area contributed by atoms with Crippen molar-refractivity contribution in [2.24, 2.45) is 5.73 Å². The molecule has 4 heteroatoms. The van der Waals surface area contributed by atoms with Gasteiger partial charge in [0, 0.05) is 35.3 Å². The third-order valence-corrected chi connectivity index (χ3v) is 3.50. The molecule has 0 saturated heterocycles. The first-order valence-electron chi connectivity index (χ1n) is 6.86. The number of nitrogens with two attached hydrogens (primary N) is 1. The van der Waals surface area contributed by atoms with Crippen LogP contribution in [0.15, 0.2) is 48.7 Å². The average molecular weight is 282 g/mol. The maximum absolute atomic E-state index is 5.84. The molecule has 0 fully saturated rings. The molecule has 0 saturated carbocycles. The van der Waals surface area contributed by atoms with E-state index in [4.69, 9.17) is 15.2 Å². The zero-order valence-electron chi connectivity index (χ0n) is 11.9. The van der Waals surface area contributed by atoms with Crippen LogP contribution in [0, 0.1) is 0 Å². The third-order valence-electron chi connectivity index (χ3n) is 3.50. The molecule has 0 amide bonds. The van der Waals surface area contributed by atoms with Crippen molar-refractivity contribution < 1.29 is 9.47 Å². The van der Waals surface area contributed by atoms with E-state index in [-0.39, 0.29) is 0 Å². The van der Waals surface area contributed by atoms with Gasteiger partial charge in [0.15, 0.2) is 0 Å². The highest BCUT2D eigenvalue weighted by Gasteiger charge is 2.06. The van der Waals surface area contributed by atoms with E-state index in [0.717, 1.165) is 33.5 Å². The lowest BCUT2D eigenvalue weighted by Crippen LogP contribution is -1.97. The van der Waals surface area contributed by atoms with Gasteiger partial charge in [-0.05, 0) is 29.8 Å². The summed E-state index contributed by atoms with van der Waals surface area (Å²) in [5, 5.41) is 1.15. The van der Waals surface area contributed by atoms with Crippen molar-refractivity contribution in [1.82, 2.24) is 4.98 Å². The smallest absolute Gasteiger partial charge is 0.123 e. The Balaban J connectivity index is 1.81. The Morgan fingerprint density at radius 1 is 1.10 bits per heavy atom. The van der Waals surface area contributed by atoms with Gasteiger partial charge in [0.2, 0.25) is 0 Å². The second-order valence-electron chi connectivity index (χ2n) is 4.87. The lowest BCUT2D eigenvalue weighted by molar-refractivity contribution is 0.305. The minimum atomic E-state index is 0.501. The predicted molar refractivity (Wildman–Crippen MR) is 83.5 cm³/mol. The molecule has 0 spiro atoms. The summed E-state index contributed by atoms with van der Waals surface area (Å²) in [5.41, 5.74) is 9.02. The SMILES string of the molecule is COc1cccc(OCc2c[nH]c3ccc(CN)cc23)c1. The summed E-state index contributed by atoms with van der Waals surface area (Å²) in [6.07, 6.45) is 1.98. The van der Waals surface area contributed by atoms with Crippen molar-refractivity contribution in [3.8, 4) is 11.5 Å². The first-order chi connectivity index (χ1) is 10.3. The Kier molecular flexibility index (Phi) is 3.79. The van der Waals surface area contributed by atoms with Crippen molar-refractivity contribution in [3.05, 3.63) is 59.8 Å². The standard InChI is InChI=1S/C17H18N2O2/c1-20-14-3-2-4-15(8-14)21-11-13-10-19-17-6-5-12(9-18)7-16(13)17/h2-8,10,19H,9,11,18H2,1H3. The van der Waals surface area contributed by atoms with Crippen LogP contribution in [0.5, 0.6) is 11.5 Å². The minimum absolute atomic E-state index is 0.501. The number of hydrogen-bond acceptors (Lipinski definition) is 3. The van der Waals surface area contributed by atoms with Gasteiger partial charge in [0.25, 0.3) is 0 Å². The second kappa shape index (κ2) is 5.89. The Morgan fingerprint density at radius 2 is 1.95 bits per heavy atom. The molecule has 4 nitrogen and oxygen atoms in total. The normalized spacial score (nSPS) is 10.8. The zero-order chi connectivity index (χ0) is 14.7. The molecule has 2 aromatic carbocycles. The van der Waals surface area contributed by atoms with Crippen LogP contribution >= 0.6 is 0 Å². The largest absolute Gasteiger partial charge is 0.497 e. The van der Waals surface area contributed by atoms with Gasteiger partial charge in [0.1, 0.15) is 18.1 Å². The average Bonchev–Trinajstić information content (AvgIpc) is 2.95. The maximum atomic E-state index is 5.84. The van der Waals surface area contributed by atoms with Crippen LogP contribution in [0.2, 0.25) is 0 Å². The number of fused-ring (bicyclic) bond motifs is 1. The molecule has 1 heterocycles. The fourth-order valence-corrected chi connectivity index (χ4v) is 2.32. The molecule has 108 valence electrons. The highest BCUT2D eigenvalue weighted by Crippen LogP contribution is 2.23. The van der Waals surface area contributed by atoms with E-state index in [1.165, 1.54) is 0 Å². The van der Waals surface area contributed by atoms with E-state index in [1.807, 2.05) is 42.6 Å². The quantitative estimate of drug-likeness (QED) is 0.755. The molecule has 1 aromatic heterocycles. The number of ether oxygens (including phenoxy) is 2. The summed E-state index contributed by atoms with van der Waals surface area (Å²) < 4.78 is 11.0. The van der Waals surface area contributed by atoms with Gasteiger partial charge in [0.05, 0.1) is 7.11 Å². The maximum Gasteiger partial charge on any atom is 0.123 e. The number of hydrogen-bond donors (Lipinski definition) is 2. The van der Waals surface area contributed by atoms with Crippen molar-refractivity contribution in [2.75, 3.05) is 7.11 Å². The number of nitrogens with one attached hydrogen (secondary N) is 1. The predicted octanol–water partition coefficient (Wildman–Crippen LogP) is 3.21. The second-order valence-corrected chi connectivity index (χ2v) is 4.87. The molecule has 3 rings (SSSR count). The molecular weight excluding hydrogens is 264 g/mol. The summed E-state index contributed by atoms with van der Waals surface area (Å²) in [7, 11) is 1.65. The Hall–Kier alpha value is -2.46. The topological polar surface area (TPSA) is 60.3 Å². The van der Waals surface area contributed by atoms with Crippen LogP contribution in [0.3, 0.4) is 0 Å². The summed E-state index contributed by atoms with van der Waals surface area (Å²) in [5.74, 6) is 1.58. The third kappa shape index (κ3) is 2.85. The van der Waals surface area contributed by atoms with Gasteiger partial charge in [-0.1, -0.05) is 12.1 Å². The summed E-state index contributed by atoms with van der Waals surface area (Å²) in [4.78, 5) is 3.25. The number of aromatic nitrogens is 1. The lowest BCUT2D eigenvalue weighted by atomic mass is 10.1. The summed E-state index contributed by atoms with van der Waals surface area (Å²) >= 11 is 0. The number of rotatable bonds is 5. The Labute approximate surface area is 123 Å². The molecule has 0 unspecified atom stereocenters. The first kappa shape index (κ1) is 13.5. The fourth-order valence-electron chi connectivity index (χ4n) is 2.32. The summed E-state index contributed by atoms with van der Waals surface area (Å²) in [6, 6.07) is 13.8. The van der Waals surface area contributed by atoms with E-state index < -0.39 is 0 Å². The van der Waals surface area contributed by atoms with E-state index in [0.29, 0.717) is 13.2 Å². The van der Waals surface area contributed by atoms with Crippen molar-refractivity contribution in [1.29, 1.82) is 0 Å². The molecule has 0 aliphatic rings. The van der Waals surface area contributed by atoms with E-state index in [2.05, 4.69) is 11.1 Å². The van der Waals surface area contributed by atoms with Gasteiger partial charge < -0.3 is 20.2 Å². The number of benzene rings is 2. The van der Waals surface area contributed by atoms with Gasteiger partial charge in [-0.2, -0.15) is 0 Å². The highest BCUT2D eigenvalue weighted by atomic mass is 16.5. The molecule has 3 aromatic rings.